The van der Waals surface area contributed by atoms with Gasteiger partial charge in [0.1, 0.15) is 5.65 Å². The molecule has 4 aromatic carbocycles. The lowest BCUT2D eigenvalue weighted by atomic mass is 9.92. The highest BCUT2D eigenvalue weighted by Crippen LogP contribution is 2.41. The number of hydrogen-bond acceptors (Lipinski definition) is 5. The third-order valence-electron chi connectivity index (χ3n) is 8.79. The van der Waals surface area contributed by atoms with Crippen LogP contribution in [0.5, 0.6) is 0 Å². The maximum absolute atomic E-state index is 13.2. The molecule has 226 valence electrons. The highest BCUT2D eigenvalue weighted by atomic mass is 32.2. The van der Waals surface area contributed by atoms with Crippen LogP contribution in [0.3, 0.4) is 0 Å². The molecule has 0 unspecified atom stereocenters. The first-order valence-electron chi connectivity index (χ1n) is 15.2. The van der Waals surface area contributed by atoms with Crippen molar-refractivity contribution < 1.29 is 13.2 Å². The van der Waals surface area contributed by atoms with Crippen LogP contribution in [0.4, 0.5) is 5.69 Å². The highest BCUT2D eigenvalue weighted by molar-refractivity contribution is 7.90. The maximum atomic E-state index is 13.2. The number of rotatable bonds is 7. The highest BCUT2D eigenvalue weighted by Gasteiger charge is 2.25. The summed E-state index contributed by atoms with van der Waals surface area (Å²) in [5.74, 6) is 0.0984. The molecule has 0 spiro atoms. The van der Waals surface area contributed by atoms with Crippen LogP contribution in [0.15, 0.2) is 114 Å². The molecular weight excluding hydrogens is 580 g/mol. The van der Waals surface area contributed by atoms with E-state index < -0.39 is 9.84 Å². The number of H-pyrrole nitrogens is 1. The molecule has 0 radical (unpaired) electrons. The standard InChI is InChI=1S/C37H34N4O3S/c1-41(37(42)28-18-20-38-21-19-28)29-15-13-26(14-16-29)32-23-39-36-35(34(32)27-8-4-2-5-9-27)31-22-25(12-17-33(31)40-36)24-45(43,44)30-10-6-3-7-11-30/h2-17,22-23,28,38H,18-21,24H2,1H3,(H,39,40). The van der Waals surface area contributed by atoms with E-state index in [-0.39, 0.29) is 17.6 Å². The van der Waals surface area contributed by atoms with Crippen molar-refractivity contribution in [2.24, 2.45) is 5.92 Å². The fourth-order valence-electron chi connectivity index (χ4n) is 6.38. The first-order valence-corrected chi connectivity index (χ1v) is 16.9. The number of benzene rings is 4. The Hall–Kier alpha value is -4.79. The van der Waals surface area contributed by atoms with Gasteiger partial charge in [0.25, 0.3) is 0 Å². The first-order chi connectivity index (χ1) is 21.9. The van der Waals surface area contributed by atoms with Crippen molar-refractivity contribution in [3.63, 3.8) is 0 Å². The van der Waals surface area contributed by atoms with Gasteiger partial charge in [0.2, 0.25) is 5.91 Å². The molecule has 7 nitrogen and oxygen atoms in total. The van der Waals surface area contributed by atoms with Crippen molar-refractivity contribution in [2.45, 2.75) is 23.5 Å². The maximum Gasteiger partial charge on any atom is 0.229 e. The summed E-state index contributed by atoms with van der Waals surface area (Å²) < 4.78 is 26.5. The number of anilines is 1. The van der Waals surface area contributed by atoms with E-state index in [2.05, 4.69) is 22.4 Å². The molecule has 45 heavy (non-hydrogen) atoms. The molecule has 1 aliphatic rings. The van der Waals surface area contributed by atoms with Crippen LogP contribution < -0.4 is 10.2 Å². The number of sulfone groups is 1. The number of nitrogens with one attached hydrogen (secondary N) is 2. The van der Waals surface area contributed by atoms with Gasteiger partial charge in [0.05, 0.1) is 10.6 Å². The number of amides is 1. The number of carbonyl (C=O) groups excluding carboxylic acids is 1. The third-order valence-corrected chi connectivity index (χ3v) is 10.5. The molecule has 1 amide bonds. The molecule has 8 heteroatoms. The Morgan fingerprint density at radius 1 is 0.867 bits per heavy atom. The minimum atomic E-state index is -3.51. The van der Waals surface area contributed by atoms with E-state index in [1.165, 1.54) is 0 Å². The quantitative estimate of drug-likeness (QED) is 0.202. The summed E-state index contributed by atoms with van der Waals surface area (Å²) >= 11 is 0. The van der Waals surface area contributed by atoms with Gasteiger partial charge in [-0.05, 0) is 79.0 Å². The second kappa shape index (κ2) is 12.0. The smallest absolute Gasteiger partial charge is 0.229 e. The number of aromatic amines is 1. The number of pyridine rings is 1. The number of piperidine rings is 1. The molecule has 3 heterocycles. The average molecular weight is 615 g/mol. The van der Waals surface area contributed by atoms with E-state index >= 15 is 0 Å². The SMILES string of the molecule is CN(C(=O)C1CCNCC1)c1ccc(-c2cnc3[nH]c4ccc(CS(=O)(=O)c5ccccc5)cc4c3c2-c2ccccc2)cc1. The van der Waals surface area contributed by atoms with E-state index in [4.69, 9.17) is 4.98 Å². The molecule has 0 aliphatic carbocycles. The van der Waals surface area contributed by atoms with Crippen molar-refractivity contribution in [2.75, 3.05) is 25.0 Å². The van der Waals surface area contributed by atoms with Gasteiger partial charge in [0, 0.05) is 52.3 Å². The number of fused-ring (bicyclic) bond motifs is 3. The Bertz CT molecular complexity index is 2100. The van der Waals surface area contributed by atoms with Crippen LogP contribution in [0, 0.1) is 5.92 Å². The Morgan fingerprint density at radius 3 is 2.27 bits per heavy atom. The van der Waals surface area contributed by atoms with Gasteiger partial charge in [-0.2, -0.15) is 0 Å². The predicted octanol–water partition coefficient (Wildman–Crippen LogP) is 6.99. The van der Waals surface area contributed by atoms with Crippen LogP contribution in [-0.4, -0.2) is 44.4 Å². The van der Waals surface area contributed by atoms with Crippen LogP contribution in [0.2, 0.25) is 0 Å². The molecule has 2 N–H and O–H groups in total. The van der Waals surface area contributed by atoms with Crippen molar-refractivity contribution in [3.8, 4) is 22.3 Å². The minimum absolute atomic E-state index is 0.0432. The molecule has 0 bridgehead atoms. The molecule has 1 saturated heterocycles. The Labute approximate surface area is 262 Å². The topological polar surface area (TPSA) is 95.2 Å². The zero-order chi connectivity index (χ0) is 31.0. The summed E-state index contributed by atoms with van der Waals surface area (Å²) in [5.41, 5.74) is 7.17. The zero-order valence-corrected chi connectivity index (χ0v) is 25.8. The van der Waals surface area contributed by atoms with Gasteiger partial charge in [-0.3, -0.25) is 4.79 Å². The van der Waals surface area contributed by atoms with Crippen molar-refractivity contribution in [1.82, 2.24) is 15.3 Å². The van der Waals surface area contributed by atoms with Gasteiger partial charge in [-0.25, -0.2) is 13.4 Å². The number of aromatic nitrogens is 2. The van der Waals surface area contributed by atoms with Crippen LogP contribution >= 0.6 is 0 Å². The molecular formula is C37H34N4O3S. The molecule has 1 aliphatic heterocycles. The molecule has 6 aromatic rings. The number of carbonyl (C=O) groups is 1. The summed E-state index contributed by atoms with van der Waals surface area (Å²) in [6.07, 6.45) is 3.61. The molecule has 2 aromatic heterocycles. The van der Waals surface area contributed by atoms with Crippen molar-refractivity contribution in [1.29, 1.82) is 0 Å². The summed E-state index contributed by atoms with van der Waals surface area (Å²) in [4.78, 5) is 23.5. The van der Waals surface area contributed by atoms with Crippen molar-refractivity contribution >= 4 is 43.4 Å². The Kier molecular flexibility index (Phi) is 7.69. The van der Waals surface area contributed by atoms with Gasteiger partial charge in [0.15, 0.2) is 9.84 Å². The largest absolute Gasteiger partial charge is 0.339 e. The lowest BCUT2D eigenvalue weighted by Gasteiger charge is -2.27. The van der Waals surface area contributed by atoms with Crippen LogP contribution in [-0.2, 0) is 20.4 Å². The fourth-order valence-corrected chi connectivity index (χ4v) is 7.74. The lowest BCUT2D eigenvalue weighted by Crippen LogP contribution is -2.39. The number of nitrogens with zero attached hydrogens (tertiary/aromatic N) is 2. The molecule has 0 saturated carbocycles. The van der Waals surface area contributed by atoms with E-state index in [1.807, 2.05) is 80.0 Å². The summed E-state index contributed by atoms with van der Waals surface area (Å²) in [7, 11) is -1.66. The van der Waals surface area contributed by atoms with E-state index in [0.717, 1.165) is 75.8 Å². The van der Waals surface area contributed by atoms with Gasteiger partial charge >= 0.3 is 0 Å². The van der Waals surface area contributed by atoms with Crippen molar-refractivity contribution in [3.05, 3.63) is 115 Å². The Morgan fingerprint density at radius 2 is 1.56 bits per heavy atom. The minimum Gasteiger partial charge on any atom is -0.339 e. The molecule has 0 atom stereocenters. The van der Waals surface area contributed by atoms with E-state index in [1.54, 1.807) is 29.2 Å². The third kappa shape index (κ3) is 5.63. The first kappa shape index (κ1) is 29.0. The van der Waals surface area contributed by atoms with Gasteiger partial charge in [-0.15, -0.1) is 0 Å². The van der Waals surface area contributed by atoms with E-state index in [0.29, 0.717) is 10.5 Å². The molecule has 7 rings (SSSR count). The second-order valence-corrected chi connectivity index (χ2v) is 13.7. The summed E-state index contributed by atoms with van der Waals surface area (Å²) in [5, 5.41) is 5.19. The van der Waals surface area contributed by atoms with Crippen LogP contribution in [0.25, 0.3) is 44.2 Å². The second-order valence-electron chi connectivity index (χ2n) is 11.7. The van der Waals surface area contributed by atoms with E-state index in [9.17, 15) is 13.2 Å². The summed E-state index contributed by atoms with van der Waals surface area (Å²) in [6, 6.07) is 32.6. The average Bonchev–Trinajstić information content (AvgIpc) is 3.46. The van der Waals surface area contributed by atoms with Gasteiger partial charge < -0.3 is 15.2 Å². The normalized spacial score (nSPS) is 14.2. The Balaban J connectivity index is 1.31. The zero-order valence-electron chi connectivity index (χ0n) is 25.0. The van der Waals surface area contributed by atoms with Gasteiger partial charge in [-0.1, -0.05) is 66.7 Å². The molecule has 1 fully saturated rings. The van der Waals surface area contributed by atoms with Crippen LogP contribution in [0.1, 0.15) is 18.4 Å². The fraction of sp³-hybridized carbons (Fsp3) is 0.189. The monoisotopic (exact) mass is 614 g/mol. The number of hydrogen-bond donors (Lipinski definition) is 2. The predicted molar refractivity (Wildman–Crippen MR) is 181 cm³/mol. The lowest BCUT2D eigenvalue weighted by molar-refractivity contribution is -0.122. The summed E-state index contributed by atoms with van der Waals surface area (Å²) in [6.45, 7) is 1.75.